The maximum atomic E-state index is 11.9. The summed E-state index contributed by atoms with van der Waals surface area (Å²) in [5.74, 6) is -1.89. The van der Waals surface area contributed by atoms with Gasteiger partial charge in [-0.1, -0.05) is 15.9 Å². The van der Waals surface area contributed by atoms with E-state index in [9.17, 15) is 19.5 Å². The monoisotopic (exact) mass is 358 g/mol. The molecule has 0 saturated carbocycles. The number of halogens is 1. The number of benzene rings is 1. The van der Waals surface area contributed by atoms with Gasteiger partial charge in [-0.3, -0.25) is 10.1 Å². The highest BCUT2D eigenvalue weighted by Crippen LogP contribution is 2.22. The molecule has 8 heteroatoms. The van der Waals surface area contributed by atoms with Gasteiger partial charge in [0.1, 0.15) is 11.3 Å². The molecule has 0 heterocycles. The van der Waals surface area contributed by atoms with Crippen LogP contribution in [0, 0.1) is 0 Å². The molecule has 0 bridgehead atoms. The number of phenols is 1. The van der Waals surface area contributed by atoms with E-state index >= 15 is 0 Å². The average molecular weight is 359 g/mol. The number of aromatic hydroxyl groups is 1. The van der Waals surface area contributed by atoms with Crippen molar-refractivity contribution in [2.45, 2.75) is 20.0 Å². The molecular weight excluding hydrogens is 344 g/mol. The van der Waals surface area contributed by atoms with Crippen molar-refractivity contribution in [2.75, 3.05) is 6.54 Å². The van der Waals surface area contributed by atoms with Crippen LogP contribution in [0.2, 0.25) is 0 Å². The summed E-state index contributed by atoms with van der Waals surface area (Å²) in [6.45, 7) is 3.38. The number of esters is 1. The van der Waals surface area contributed by atoms with Crippen LogP contribution >= 0.6 is 15.9 Å². The molecule has 7 nitrogen and oxygen atoms in total. The highest BCUT2D eigenvalue weighted by molar-refractivity contribution is 9.10. The Morgan fingerprint density at radius 2 is 2.05 bits per heavy atom. The number of phenolic OH excluding ortho intramolecular Hbond substituents is 1. The van der Waals surface area contributed by atoms with Crippen LogP contribution in [0.25, 0.3) is 0 Å². The summed E-state index contributed by atoms with van der Waals surface area (Å²) in [5.41, 5.74) is -0.0814. The maximum Gasteiger partial charge on any atom is 0.342 e. The number of ether oxygens (including phenoxy) is 1. The van der Waals surface area contributed by atoms with Gasteiger partial charge in [0.05, 0.1) is 0 Å². The zero-order chi connectivity index (χ0) is 16.0. The maximum absolute atomic E-state index is 11.9. The second-order valence-corrected chi connectivity index (χ2v) is 4.97. The van der Waals surface area contributed by atoms with Crippen LogP contribution in [0.1, 0.15) is 24.2 Å². The van der Waals surface area contributed by atoms with Gasteiger partial charge in [-0.15, -0.1) is 0 Å². The summed E-state index contributed by atoms with van der Waals surface area (Å²) < 4.78 is 5.48. The van der Waals surface area contributed by atoms with Crippen LogP contribution in [-0.4, -0.2) is 35.7 Å². The van der Waals surface area contributed by atoms with Crippen molar-refractivity contribution in [3.05, 3.63) is 28.2 Å². The average Bonchev–Trinajstić information content (AvgIpc) is 2.41. The van der Waals surface area contributed by atoms with E-state index in [4.69, 9.17) is 4.74 Å². The summed E-state index contributed by atoms with van der Waals surface area (Å²) in [5, 5.41) is 14.0. The van der Waals surface area contributed by atoms with Crippen LogP contribution in [0.5, 0.6) is 5.75 Å². The first-order valence-electron chi connectivity index (χ1n) is 6.13. The zero-order valence-electron chi connectivity index (χ0n) is 11.5. The molecule has 21 heavy (non-hydrogen) atoms. The summed E-state index contributed by atoms with van der Waals surface area (Å²) in [4.78, 5) is 34.7. The third-order valence-electron chi connectivity index (χ3n) is 2.41. The number of rotatable bonds is 4. The molecule has 3 amide bonds. The Morgan fingerprint density at radius 1 is 1.38 bits per heavy atom. The van der Waals surface area contributed by atoms with Crippen LogP contribution in [0.15, 0.2) is 22.7 Å². The Labute approximate surface area is 129 Å². The topological polar surface area (TPSA) is 105 Å². The predicted octanol–water partition coefficient (Wildman–Crippen LogP) is 1.55. The second-order valence-electron chi connectivity index (χ2n) is 4.06. The smallest absolute Gasteiger partial charge is 0.342 e. The number of carbonyl (C=O) groups is 3. The number of urea groups is 1. The van der Waals surface area contributed by atoms with E-state index in [1.54, 1.807) is 13.0 Å². The summed E-state index contributed by atoms with van der Waals surface area (Å²) in [6, 6.07) is 3.57. The van der Waals surface area contributed by atoms with Crippen molar-refractivity contribution in [1.29, 1.82) is 0 Å². The molecule has 0 aromatic heterocycles. The molecule has 0 fully saturated rings. The Hall–Kier alpha value is -2.09. The van der Waals surface area contributed by atoms with E-state index in [-0.39, 0.29) is 11.3 Å². The third kappa shape index (κ3) is 5.07. The van der Waals surface area contributed by atoms with Crippen molar-refractivity contribution < 1.29 is 24.2 Å². The van der Waals surface area contributed by atoms with Crippen LogP contribution in [0.4, 0.5) is 4.79 Å². The largest absolute Gasteiger partial charge is 0.507 e. The van der Waals surface area contributed by atoms with Gasteiger partial charge in [-0.25, -0.2) is 9.59 Å². The molecule has 1 atom stereocenters. The number of hydrogen-bond acceptors (Lipinski definition) is 5. The second kappa shape index (κ2) is 7.63. The van der Waals surface area contributed by atoms with Gasteiger partial charge in [0.15, 0.2) is 6.10 Å². The number of amides is 3. The van der Waals surface area contributed by atoms with Crippen LogP contribution < -0.4 is 10.6 Å². The lowest BCUT2D eigenvalue weighted by atomic mass is 10.2. The standard InChI is InChI=1S/C13H15BrN2O5/c1-3-15-13(20)16-11(18)7(2)21-12(19)9-6-8(14)4-5-10(9)17/h4-7,17H,3H2,1-2H3,(H2,15,16,18,20). The normalized spacial score (nSPS) is 11.4. The molecule has 3 N–H and O–H groups in total. The first-order valence-corrected chi connectivity index (χ1v) is 6.92. The van der Waals surface area contributed by atoms with Crippen LogP contribution in [0.3, 0.4) is 0 Å². The van der Waals surface area contributed by atoms with Gasteiger partial charge < -0.3 is 15.2 Å². The fourth-order valence-electron chi connectivity index (χ4n) is 1.37. The molecule has 0 spiro atoms. The molecule has 1 unspecified atom stereocenters. The minimum absolute atomic E-state index is 0.0814. The van der Waals surface area contributed by atoms with Crippen molar-refractivity contribution in [3.63, 3.8) is 0 Å². The summed E-state index contributed by atoms with van der Waals surface area (Å²) in [6.07, 6.45) is -1.18. The molecule has 1 rings (SSSR count). The molecule has 0 aliphatic carbocycles. The highest BCUT2D eigenvalue weighted by Gasteiger charge is 2.22. The minimum Gasteiger partial charge on any atom is -0.507 e. The SMILES string of the molecule is CCNC(=O)NC(=O)C(C)OC(=O)c1cc(Br)ccc1O. The lowest BCUT2D eigenvalue weighted by Gasteiger charge is -2.13. The van der Waals surface area contributed by atoms with Gasteiger partial charge >= 0.3 is 12.0 Å². The number of imide groups is 1. The van der Waals surface area contributed by atoms with Crippen molar-refractivity contribution >= 4 is 33.8 Å². The minimum atomic E-state index is -1.18. The number of carbonyl (C=O) groups excluding carboxylic acids is 3. The first kappa shape index (κ1) is 17.0. The molecular formula is C13H15BrN2O5. The predicted molar refractivity (Wildman–Crippen MR) is 77.9 cm³/mol. The van der Waals surface area contributed by atoms with Crippen molar-refractivity contribution in [3.8, 4) is 5.75 Å². The molecule has 0 saturated heterocycles. The number of hydrogen-bond donors (Lipinski definition) is 3. The van der Waals surface area contributed by atoms with Gasteiger partial charge in [-0.2, -0.15) is 0 Å². The Bertz CT molecular complexity index is 561. The lowest BCUT2D eigenvalue weighted by molar-refractivity contribution is -0.127. The van der Waals surface area contributed by atoms with Crippen LogP contribution in [-0.2, 0) is 9.53 Å². The molecule has 0 aliphatic rings. The fourth-order valence-corrected chi connectivity index (χ4v) is 1.73. The van der Waals surface area contributed by atoms with Gasteiger partial charge in [-0.05, 0) is 32.0 Å². The Morgan fingerprint density at radius 3 is 2.67 bits per heavy atom. The Balaban J connectivity index is 2.67. The quantitative estimate of drug-likeness (QED) is 0.708. The van der Waals surface area contributed by atoms with Gasteiger partial charge in [0, 0.05) is 11.0 Å². The molecule has 1 aromatic rings. The molecule has 0 radical (unpaired) electrons. The molecule has 114 valence electrons. The van der Waals surface area contributed by atoms with Gasteiger partial charge in [0.2, 0.25) is 0 Å². The third-order valence-corrected chi connectivity index (χ3v) is 2.90. The zero-order valence-corrected chi connectivity index (χ0v) is 13.1. The molecule has 0 aliphatic heterocycles. The van der Waals surface area contributed by atoms with Gasteiger partial charge in [0.25, 0.3) is 5.91 Å². The molecule has 1 aromatic carbocycles. The van der Waals surface area contributed by atoms with E-state index in [1.807, 2.05) is 5.32 Å². The van der Waals surface area contributed by atoms with E-state index in [1.165, 1.54) is 19.1 Å². The number of nitrogens with one attached hydrogen (secondary N) is 2. The van der Waals surface area contributed by atoms with E-state index in [0.29, 0.717) is 11.0 Å². The summed E-state index contributed by atoms with van der Waals surface area (Å²) >= 11 is 3.16. The van der Waals surface area contributed by atoms with E-state index in [2.05, 4.69) is 21.2 Å². The highest BCUT2D eigenvalue weighted by atomic mass is 79.9. The Kier molecular flexibility index (Phi) is 6.16. The van der Waals surface area contributed by atoms with Crippen molar-refractivity contribution in [2.24, 2.45) is 0 Å². The van der Waals surface area contributed by atoms with E-state index < -0.39 is 24.0 Å². The lowest BCUT2D eigenvalue weighted by Crippen LogP contribution is -2.44. The first-order chi connectivity index (χ1) is 9.85. The fraction of sp³-hybridized carbons (Fsp3) is 0.308. The summed E-state index contributed by atoms with van der Waals surface area (Å²) in [7, 11) is 0. The van der Waals surface area contributed by atoms with Crippen molar-refractivity contribution in [1.82, 2.24) is 10.6 Å². The van der Waals surface area contributed by atoms with E-state index in [0.717, 1.165) is 0 Å².